The zero-order valence-electron chi connectivity index (χ0n) is 34.4. The van der Waals surface area contributed by atoms with Crippen molar-refractivity contribution < 1.29 is 62.6 Å². The van der Waals surface area contributed by atoms with Crippen molar-refractivity contribution in [2.75, 3.05) is 46.2 Å². The molecule has 1 aromatic heterocycles. The van der Waals surface area contributed by atoms with Crippen molar-refractivity contribution >= 4 is 37.0 Å². The molecule has 2 aliphatic rings. The average Bonchev–Trinajstić information content (AvgIpc) is 3.56. The van der Waals surface area contributed by atoms with Crippen LogP contribution >= 0.6 is 19.8 Å². The van der Waals surface area contributed by atoms with Crippen LogP contribution < -0.4 is 27.2 Å². The lowest BCUT2D eigenvalue weighted by Crippen LogP contribution is -2.64. The highest BCUT2D eigenvalue weighted by Crippen LogP contribution is 2.51. The lowest BCUT2D eigenvalue weighted by molar-refractivity contribution is -0.270. The summed E-state index contributed by atoms with van der Waals surface area (Å²) in [7, 11) is -2.96. The van der Waals surface area contributed by atoms with Crippen LogP contribution in [0, 0.1) is 11.8 Å². The summed E-state index contributed by atoms with van der Waals surface area (Å²) in [6.07, 6.45) is -0.716. The summed E-state index contributed by atoms with van der Waals surface area (Å²) >= 11 is 5.40. The van der Waals surface area contributed by atoms with Gasteiger partial charge in [0.15, 0.2) is 11.4 Å². The molecule has 4 rings (SSSR count). The molecular weight excluding hydrogens is 841 g/mol. The molecule has 0 spiro atoms. The third-order valence-electron chi connectivity index (χ3n) is 10.5. The highest BCUT2D eigenvalue weighted by atomic mass is 32.1. The Hall–Kier alpha value is -3.76. The molecule has 2 saturated heterocycles. The Labute approximate surface area is 359 Å². The first-order valence-corrected chi connectivity index (χ1v) is 22.6. The Bertz CT molecular complexity index is 1840. The molecule has 61 heavy (non-hydrogen) atoms. The molecule has 3 heterocycles. The second-order valence-corrected chi connectivity index (χ2v) is 17.4. The molecule has 22 heteroatoms. The Balaban J connectivity index is 1.19. The van der Waals surface area contributed by atoms with Crippen molar-refractivity contribution in [2.45, 2.75) is 108 Å². The minimum Gasteiger partial charge on any atom is -0.432 e. The number of benzene rings is 1. The Kier molecular flexibility index (Phi) is 20.8. The number of hydrogen-bond acceptors (Lipinski definition) is 15. The molecular formula is C39H60N5O15PS. The maximum absolute atomic E-state index is 12.9. The number of H-pyrrole nitrogens is 1. The fourth-order valence-electron chi connectivity index (χ4n) is 7.33. The number of aromatic amines is 1. The van der Waals surface area contributed by atoms with E-state index in [1.807, 2.05) is 6.07 Å². The predicted molar refractivity (Wildman–Crippen MR) is 223 cm³/mol. The van der Waals surface area contributed by atoms with E-state index in [9.17, 15) is 44.0 Å². The number of rotatable bonds is 24. The zero-order chi connectivity index (χ0) is 44.4. The molecule has 2 aliphatic heterocycles. The van der Waals surface area contributed by atoms with Gasteiger partial charge in [0.1, 0.15) is 43.8 Å². The highest BCUT2D eigenvalue weighted by Gasteiger charge is 2.49. The van der Waals surface area contributed by atoms with Crippen molar-refractivity contribution in [3.8, 4) is 0 Å². The number of thiocarbonyl (C=S) groups is 1. The van der Waals surface area contributed by atoms with Gasteiger partial charge in [-0.1, -0.05) is 56.0 Å². The summed E-state index contributed by atoms with van der Waals surface area (Å²) in [5.41, 5.74) is -0.537. The van der Waals surface area contributed by atoms with Gasteiger partial charge in [0.25, 0.3) is 5.56 Å². The molecule has 1 amide bonds. The zero-order valence-corrected chi connectivity index (χ0v) is 36.1. The van der Waals surface area contributed by atoms with Gasteiger partial charge < -0.3 is 64.4 Å². The third kappa shape index (κ3) is 16.1. The number of carbonyl (C=O) groups is 2. The van der Waals surface area contributed by atoms with E-state index in [1.165, 1.54) is 23.8 Å². The molecule has 0 saturated carbocycles. The van der Waals surface area contributed by atoms with E-state index in [2.05, 4.69) is 20.9 Å². The summed E-state index contributed by atoms with van der Waals surface area (Å²) in [6, 6.07) is 9.22. The van der Waals surface area contributed by atoms with Gasteiger partial charge in [-0.2, -0.15) is 0 Å². The van der Waals surface area contributed by atoms with Gasteiger partial charge in [-0.3, -0.25) is 23.7 Å². The summed E-state index contributed by atoms with van der Waals surface area (Å²) < 4.78 is 47.2. The number of amides is 1. The van der Waals surface area contributed by atoms with E-state index >= 15 is 0 Å². The van der Waals surface area contributed by atoms with E-state index in [-0.39, 0.29) is 26.0 Å². The molecule has 0 radical (unpaired) electrons. The standard InChI is InChI=1S/C39H60N5O15PS/c1-25(46)42-32-34(49)33(48)29(21-45)59-36(32)55-20-12-11-18-41-37(61)40-17-10-5-3-4-9-15-27-28(24-60(52,53)54-2)30(58-35(27)44-19-16-31(47)43-38(44)50)23-57-39(51)56-22-26-13-7-6-8-14-26/h6-8,13-14,16,19,27-30,32-36,45,48-49H,3-5,9-12,15,17-18,20-24H2,1-2H3,(H,42,46)(H,52,53)(H2,40,41,61)(H,43,47,50)/t27-,28?,29+,30+,32+,33-,34+,35+,36+/m0/s1. The number of carbonyl (C=O) groups excluding carboxylic acids is 2. The fourth-order valence-corrected chi connectivity index (χ4v) is 8.72. The average molecular weight is 902 g/mol. The maximum atomic E-state index is 12.9. The minimum absolute atomic E-state index is 0.0170. The van der Waals surface area contributed by atoms with Gasteiger partial charge in [-0.05, 0) is 43.5 Å². The normalized spacial score (nSPS) is 25.9. The molecule has 20 nitrogen and oxygen atoms in total. The fraction of sp³-hybridized carbons (Fsp3) is 0.667. The Morgan fingerprint density at radius 3 is 2.28 bits per heavy atom. The van der Waals surface area contributed by atoms with Crippen molar-refractivity contribution in [3.05, 3.63) is 69.0 Å². The molecule has 1 aromatic carbocycles. The van der Waals surface area contributed by atoms with Crippen LogP contribution in [-0.2, 0) is 44.2 Å². The van der Waals surface area contributed by atoms with E-state index in [0.717, 1.165) is 38.4 Å². The molecule has 2 fully saturated rings. The van der Waals surface area contributed by atoms with Crippen LogP contribution in [0.25, 0.3) is 0 Å². The SMILES string of the molecule is COP(=O)(O)CC1[C@@H](COC(=O)OCc2ccccc2)O[C@@H](n2ccc(=O)[nH]c2=O)[C@H]1CCCCCCCNC(=S)NCCCCO[C@@H]1O[C@H](CO)[C@H](O)[C@H](O)[C@H]1NC(C)=O. The molecule has 8 N–H and O–H groups in total. The van der Waals surface area contributed by atoms with Crippen LogP contribution in [-0.4, -0.2) is 130 Å². The van der Waals surface area contributed by atoms with Gasteiger partial charge in [0, 0.05) is 57.8 Å². The molecule has 2 aromatic rings. The Morgan fingerprint density at radius 2 is 1.61 bits per heavy atom. The van der Waals surface area contributed by atoms with Crippen molar-refractivity contribution in [3.63, 3.8) is 0 Å². The number of nitrogens with one attached hydrogen (secondary N) is 4. The minimum atomic E-state index is -4.09. The van der Waals surface area contributed by atoms with E-state index in [0.29, 0.717) is 43.9 Å². The van der Waals surface area contributed by atoms with E-state index < -0.39 is 92.3 Å². The van der Waals surface area contributed by atoms with Gasteiger partial charge in [0.05, 0.1) is 18.9 Å². The summed E-state index contributed by atoms with van der Waals surface area (Å²) in [5.74, 6) is -1.57. The third-order valence-corrected chi connectivity index (χ3v) is 12.3. The number of aliphatic hydroxyl groups is 3. The van der Waals surface area contributed by atoms with Crippen LogP contribution in [0.5, 0.6) is 0 Å². The highest BCUT2D eigenvalue weighted by molar-refractivity contribution is 7.80. The van der Waals surface area contributed by atoms with Gasteiger partial charge in [-0.15, -0.1) is 0 Å². The second kappa shape index (κ2) is 25.4. The van der Waals surface area contributed by atoms with Gasteiger partial charge in [0.2, 0.25) is 5.91 Å². The van der Waals surface area contributed by atoms with Crippen LogP contribution in [0.3, 0.4) is 0 Å². The Morgan fingerprint density at radius 1 is 0.918 bits per heavy atom. The van der Waals surface area contributed by atoms with Gasteiger partial charge in [-0.25, -0.2) is 9.59 Å². The molecule has 0 aliphatic carbocycles. The van der Waals surface area contributed by atoms with Crippen molar-refractivity contribution in [2.24, 2.45) is 11.8 Å². The number of nitrogens with zero attached hydrogens (tertiary/aromatic N) is 1. The molecule has 10 atom stereocenters. The van der Waals surface area contributed by atoms with E-state index in [4.69, 9.17) is 40.4 Å². The topological polar surface area (TPSA) is 278 Å². The number of unbranched alkanes of at least 4 members (excludes halogenated alkanes) is 5. The number of aromatic nitrogens is 2. The van der Waals surface area contributed by atoms with Crippen LogP contribution in [0.2, 0.25) is 0 Å². The monoisotopic (exact) mass is 901 g/mol. The number of aliphatic hydroxyl groups excluding tert-OH is 3. The second-order valence-electron chi connectivity index (χ2n) is 15.0. The lowest BCUT2D eigenvalue weighted by Gasteiger charge is -2.42. The number of hydrogen-bond donors (Lipinski definition) is 8. The first kappa shape index (κ1) is 49.9. The van der Waals surface area contributed by atoms with Gasteiger partial charge >= 0.3 is 19.4 Å². The molecule has 2 unspecified atom stereocenters. The predicted octanol–water partition coefficient (Wildman–Crippen LogP) is 1.40. The van der Waals surface area contributed by atoms with Crippen LogP contribution in [0.4, 0.5) is 4.79 Å². The van der Waals surface area contributed by atoms with E-state index in [1.54, 1.807) is 24.3 Å². The summed E-state index contributed by atoms with van der Waals surface area (Å²) in [6.45, 7) is 1.87. The first-order valence-electron chi connectivity index (χ1n) is 20.4. The van der Waals surface area contributed by atoms with Crippen molar-refractivity contribution in [1.82, 2.24) is 25.5 Å². The molecule has 342 valence electrons. The smallest absolute Gasteiger partial charge is 0.432 e. The lowest BCUT2D eigenvalue weighted by atomic mass is 9.86. The number of ether oxygens (including phenoxy) is 5. The maximum Gasteiger partial charge on any atom is 0.508 e. The van der Waals surface area contributed by atoms with Crippen LogP contribution in [0.1, 0.15) is 70.1 Å². The quantitative estimate of drug-likeness (QED) is 0.0320. The largest absolute Gasteiger partial charge is 0.508 e. The van der Waals surface area contributed by atoms with Crippen molar-refractivity contribution in [1.29, 1.82) is 0 Å². The summed E-state index contributed by atoms with van der Waals surface area (Å²) in [5, 5.41) is 39.4. The molecule has 0 bridgehead atoms. The van der Waals surface area contributed by atoms with Crippen LogP contribution in [0.15, 0.2) is 52.2 Å². The summed E-state index contributed by atoms with van der Waals surface area (Å²) in [4.78, 5) is 61.7. The first-order chi connectivity index (χ1) is 29.2.